The third-order valence-electron chi connectivity index (χ3n) is 4.53. The van der Waals surface area contributed by atoms with Crippen molar-refractivity contribution in [1.82, 2.24) is 0 Å². The Labute approximate surface area is 84.1 Å². The van der Waals surface area contributed by atoms with E-state index >= 15 is 0 Å². The second-order valence-electron chi connectivity index (χ2n) is 6.03. The van der Waals surface area contributed by atoms with Gasteiger partial charge in [0.1, 0.15) is 0 Å². The Kier molecular flexibility index (Phi) is 3.09. The number of hydrogen-bond donors (Lipinski definition) is 0. The van der Waals surface area contributed by atoms with Gasteiger partial charge in [0.2, 0.25) is 0 Å². The van der Waals surface area contributed by atoms with Gasteiger partial charge in [-0.15, -0.1) is 0 Å². The Morgan fingerprint density at radius 1 is 1.00 bits per heavy atom. The van der Waals surface area contributed by atoms with E-state index in [1.807, 2.05) is 0 Å². The van der Waals surface area contributed by atoms with Gasteiger partial charge in [-0.25, -0.2) is 0 Å². The molecule has 1 fully saturated rings. The van der Waals surface area contributed by atoms with Crippen molar-refractivity contribution in [3.8, 4) is 0 Å². The van der Waals surface area contributed by atoms with E-state index in [0.29, 0.717) is 10.8 Å². The van der Waals surface area contributed by atoms with Crippen molar-refractivity contribution in [1.29, 1.82) is 0 Å². The smallest absolute Gasteiger partial charge is 0.0277 e. The summed E-state index contributed by atoms with van der Waals surface area (Å²) in [6.07, 6.45) is 7.14. The van der Waals surface area contributed by atoms with Crippen molar-refractivity contribution in [2.75, 3.05) is 0 Å². The zero-order valence-corrected chi connectivity index (χ0v) is 10.1. The Bertz CT molecular complexity index is 155. The first kappa shape index (κ1) is 11.1. The van der Waals surface area contributed by atoms with Gasteiger partial charge < -0.3 is 0 Å². The van der Waals surface area contributed by atoms with Crippen LogP contribution in [-0.4, -0.2) is 0 Å². The topological polar surface area (TPSA) is 0 Å². The van der Waals surface area contributed by atoms with E-state index in [0.717, 1.165) is 5.92 Å². The maximum atomic E-state index is 2.42. The summed E-state index contributed by atoms with van der Waals surface area (Å²) in [6, 6.07) is 0. The summed E-state index contributed by atoms with van der Waals surface area (Å²) < 4.78 is 0. The third-order valence-corrected chi connectivity index (χ3v) is 4.53. The number of rotatable bonds is 2. The molecular formula is C13H26. The molecule has 78 valence electrons. The second-order valence-corrected chi connectivity index (χ2v) is 6.03. The molecule has 0 bridgehead atoms. The van der Waals surface area contributed by atoms with Crippen molar-refractivity contribution in [2.24, 2.45) is 16.7 Å². The summed E-state index contributed by atoms with van der Waals surface area (Å²) in [6.45, 7) is 12.0. The molecule has 0 atom stereocenters. The van der Waals surface area contributed by atoms with E-state index in [9.17, 15) is 0 Å². The van der Waals surface area contributed by atoms with Crippen LogP contribution < -0.4 is 0 Å². The first-order valence-electron chi connectivity index (χ1n) is 5.92. The van der Waals surface area contributed by atoms with Gasteiger partial charge in [0.05, 0.1) is 0 Å². The van der Waals surface area contributed by atoms with Crippen molar-refractivity contribution in [3.05, 3.63) is 0 Å². The first-order valence-corrected chi connectivity index (χ1v) is 5.92. The molecule has 0 saturated heterocycles. The van der Waals surface area contributed by atoms with Crippen LogP contribution in [0.1, 0.15) is 66.7 Å². The minimum atomic E-state index is 0.619. The van der Waals surface area contributed by atoms with Crippen molar-refractivity contribution in [3.63, 3.8) is 0 Å². The summed E-state index contributed by atoms with van der Waals surface area (Å²) in [5, 5.41) is 0. The SMILES string of the molecule is CCC1(C(C)C)CCC(C)(C)CC1. The normalized spacial score (nSPS) is 26.3. The average molecular weight is 182 g/mol. The van der Waals surface area contributed by atoms with Gasteiger partial charge in [-0.2, -0.15) is 0 Å². The van der Waals surface area contributed by atoms with Gasteiger partial charge >= 0.3 is 0 Å². The van der Waals surface area contributed by atoms with Crippen LogP contribution in [0.5, 0.6) is 0 Å². The third kappa shape index (κ3) is 2.27. The van der Waals surface area contributed by atoms with Crippen LogP contribution in [0.25, 0.3) is 0 Å². The van der Waals surface area contributed by atoms with Gasteiger partial charge in [0.25, 0.3) is 0 Å². The second kappa shape index (κ2) is 3.63. The monoisotopic (exact) mass is 182 g/mol. The van der Waals surface area contributed by atoms with E-state index in [1.165, 1.54) is 32.1 Å². The summed E-state index contributed by atoms with van der Waals surface area (Å²) in [4.78, 5) is 0. The fourth-order valence-electron chi connectivity index (χ4n) is 2.76. The maximum Gasteiger partial charge on any atom is -0.0277 e. The molecule has 1 rings (SSSR count). The van der Waals surface area contributed by atoms with Crippen LogP contribution in [-0.2, 0) is 0 Å². The molecule has 13 heavy (non-hydrogen) atoms. The lowest BCUT2D eigenvalue weighted by Crippen LogP contribution is -2.34. The van der Waals surface area contributed by atoms with E-state index in [4.69, 9.17) is 0 Å². The predicted molar refractivity (Wildman–Crippen MR) is 59.8 cm³/mol. The molecule has 0 spiro atoms. The summed E-state index contributed by atoms with van der Waals surface area (Å²) >= 11 is 0. The first-order chi connectivity index (χ1) is 5.92. The van der Waals surface area contributed by atoms with Gasteiger partial charge in [0, 0.05) is 0 Å². The maximum absolute atomic E-state index is 2.42. The Hall–Kier alpha value is 0. The molecule has 0 heterocycles. The Morgan fingerprint density at radius 2 is 1.46 bits per heavy atom. The van der Waals surface area contributed by atoms with Crippen LogP contribution in [0.15, 0.2) is 0 Å². The Morgan fingerprint density at radius 3 is 1.77 bits per heavy atom. The van der Waals surface area contributed by atoms with Gasteiger partial charge in [-0.3, -0.25) is 0 Å². The summed E-state index contributed by atoms with van der Waals surface area (Å²) in [7, 11) is 0. The van der Waals surface area contributed by atoms with E-state index in [2.05, 4.69) is 34.6 Å². The average Bonchev–Trinajstić information content (AvgIpc) is 2.05. The molecule has 1 saturated carbocycles. The lowest BCUT2D eigenvalue weighted by atomic mass is 9.60. The molecular weight excluding hydrogens is 156 g/mol. The van der Waals surface area contributed by atoms with Crippen LogP contribution in [0.4, 0.5) is 0 Å². The van der Waals surface area contributed by atoms with Crippen molar-refractivity contribution in [2.45, 2.75) is 66.7 Å². The summed E-state index contributed by atoms with van der Waals surface area (Å²) in [5.74, 6) is 0.869. The fraction of sp³-hybridized carbons (Fsp3) is 1.00. The van der Waals surface area contributed by atoms with E-state index in [-0.39, 0.29) is 0 Å². The molecule has 0 aromatic rings. The Balaban J connectivity index is 2.63. The van der Waals surface area contributed by atoms with Crippen molar-refractivity contribution < 1.29 is 0 Å². The van der Waals surface area contributed by atoms with Crippen LogP contribution in [0, 0.1) is 16.7 Å². The lowest BCUT2D eigenvalue weighted by molar-refractivity contribution is 0.0538. The minimum Gasteiger partial charge on any atom is -0.0648 e. The minimum absolute atomic E-state index is 0.619. The zero-order chi connectivity index (χ0) is 10.1. The largest absolute Gasteiger partial charge is 0.0648 e. The van der Waals surface area contributed by atoms with E-state index in [1.54, 1.807) is 0 Å². The zero-order valence-electron chi connectivity index (χ0n) is 10.1. The van der Waals surface area contributed by atoms with Crippen LogP contribution in [0.3, 0.4) is 0 Å². The van der Waals surface area contributed by atoms with Crippen LogP contribution in [0.2, 0.25) is 0 Å². The predicted octanol–water partition coefficient (Wildman–Crippen LogP) is 4.64. The molecule has 0 nitrogen and oxygen atoms in total. The molecule has 0 unspecified atom stereocenters. The van der Waals surface area contributed by atoms with E-state index < -0.39 is 0 Å². The highest BCUT2D eigenvalue weighted by Crippen LogP contribution is 2.50. The fourth-order valence-corrected chi connectivity index (χ4v) is 2.76. The molecule has 1 aliphatic rings. The summed E-state index contributed by atoms with van der Waals surface area (Å²) in [5.41, 5.74) is 1.29. The highest BCUT2D eigenvalue weighted by Gasteiger charge is 2.38. The molecule has 0 aromatic heterocycles. The standard InChI is InChI=1S/C13H26/c1-6-13(11(2)3)9-7-12(4,5)8-10-13/h11H,6-10H2,1-5H3. The molecule has 0 N–H and O–H groups in total. The molecule has 1 aliphatic carbocycles. The van der Waals surface area contributed by atoms with Crippen molar-refractivity contribution >= 4 is 0 Å². The quantitative estimate of drug-likeness (QED) is 0.583. The molecule has 0 heteroatoms. The molecule has 0 amide bonds. The molecule has 0 aromatic carbocycles. The van der Waals surface area contributed by atoms with Gasteiger partial charge in [-0.05, 0) is 42.4 Å². The highest BCUT2D eigenvalue weighted by atomic mass is 14.4. The van der Waals surface area contributed by atoms with Gasteiger partial charge in [-0.1, -0.05) is 41.0 Å². The van der Waals surface area contributed by atoms with Gasteiger partial charge in [0.15, 0.2) is 0 Å². The highest BCUT2D eigenvalue weighted by molar-refractivity contribution is 4.89. The lowest BCUT2D eigenvalue weighted by Gasteiger charge is -2.46. The number of hydrogen-bond acceptors (Lipinski definition) is 0. The van der Waals surface area contributed by atoms with Crippen LogP contribution >= 0.6 is 0 Å². The molecule has 0 radical (unpaired) electrons. The molecule has 0 aliphatic heterocycles.